The molecule has 10 rings (SSSR count). The molecule has 2 fully saturated rings. The Balaban J connectivity index is 0.000000216. The maximum Gasteiger partial charge on any atom is 0.407 e. The molecular weight excluding hydrogens is 1170 g/mol. The van der Waals surface area contributed by atoms with Crippen LogP contribution in [0.2, 0.25) is 10.0 Å². The van der Waals surface area contributed by atoms with Gasteiger partial charge in [0.1, 0.15) is 11.2 Å². The molecule has 8 aromatic rings. The number of rotatable bonds is 16. The van der Waals surface area contributed by atoms with Gasteiger partial charge in [-0.2, -0.15) is 9.59 Å². The minimum Gasteiger partial charge on any atom is -0.444 e. The summed E-state index contributed by atoms with van der Waals surface area (Å²) in [6, 6.07) is 32.9. The fraction of sp³-hybridized carbons (Fsp3) is 0.333. The molecule has 21 nitrogen and oxygen atoms in total. The quantitative estimate of drug-likeness (QED) is 0.0254. The third kappa shape index (κ3) is 21.9. The summed E-state index contributed by atoms with van der Waals surface area (Å²) in [7, 11) is 0. The Labute approximate surface area is 528 Å². The first-order valence-corrected chi connectivity index (χ1v) is 30.0. The van der Waals surface area contributed by atoms with Gasteiger partial charge in [-0.25, -0.2) is 29.5 Å². The van der Waals surface area contributed by atoms with Crippen molar-refractivity contribution in [3.8, 4) is 22.5 Å². The standard InChI is InChI=1S/C33H38ClN7O3.C24H25ClN6.C8H15NO2.CO2/c1-33(2,3)44-32(43)35-16-6-9-29(42)38-23-12-10-22(11-13-23)21-41-17-14-24(15-18-41)39-31-37-20-27(34)30(40-31)26-19-36-28-8-5-4-7-25(26)28;25-21-14-28-24(30-23(21)20-13-27-22-4-2-1-3-19(20)22)29-18-9-11-31(12-10-18)15-16-5-7-17(26)8-6-16;1-5-6-9-7(10)11-8(2,3)4;2-1-3/h4-13,19-20,24,36H,14-18,21H2,1-3H3,(H,35,43)(H,38,42)(H,37,39,40);1-8,13-14,18,27H,9-12,15,26H2,(H,28,29,30);5H,1,6H2,2-4H3,(H,9,10);/b9-6+;;;. The first kappa shape index (κ1) is 67.4. The van der Waals surface area contributed by atoms with Crippen molar-refractivity contribution < 1.29 is 33.4 Å². The van der Waals surface area contributed by atoms with Crippen molar-refractivity contribution in [2.75, 3.05) is 61.0 Å². The number of hydrogen-bond donors (Lipinski definition) is 8. The maximum absolute atomic E-state index is 12.2. The monoisotopic (exact) mass is 1250 g/mol. The Morgan fingerprint density at radius 1 is 0.652 bits per heavy atom. The number of anilines is 4. The molecule has 0 spiro atoms. The highest BCUT2D eigenvalue weighted by Gasteiger charge is 2.24. The van der Waals surface area contributed by atoms with Crippen LogP contribution in [0.3, 0.4) is 0 Å². The van der Waals surface area contributed by atoms with E-state index in [1.807, 2.05) is 106 Å². The van der Waals surface area contributed by atoms with Crippen LogP contribution in [0, 0.1) is 0 Å². The number of benzene rings is 4. The SMILES string of the molecule is C=CCNC(=O)OC(C)(C)C.CC(C)(C)OC(=O)NC/C=C/C(=O)Nc1ccc(CN2CCC(Nc3ncc(Cl)c(-c4c[nH]c5ccccc45)n3)CC2)cc1.Nc1ccc(CN2CCC(Nc3ncc(Cl)c(-c4c[nH]c5ccccc45)n3)CC2)cc1.O=C=O. The normalized spacial score (nSPS) is 13.9. The van der Waals surface area contributed by atoms with Crippen LogP contribution in [0.25, 0.3) is 44.3 Å². The number of ether oxygens (including phenoxy) is 2. The van der Waals surface area contributed by atoms with E-state index >= 15 is 0 Å². The average Bonchev–Trinajstić information content (AvgIpc) is 1.87. The molecule has 2 aliphatic rings. The number of piperidine rings is 2. The predicted octanol–water partition coefficient (Wildman–Crippen LogP) is 12.4. The molecule has 2 saturated heterocycles. The molecule has 9 N–H and O–H groups in total. The van der Waals surface area contributed by atoms with E-state index < -0.39 is 23.4 Å². The minimum atomic E-state index is -0.566. The Hall–Kier alpha value is -9.11. The number of carbonyl (C=O) groups is 3. The Morgan fingerprint density at radius 2 is 1.07 bits per heavy atom. The van der Waals surface area contributed by atoms with E-state index in [2.05, 4.69) is 87.2 Å². The summed E-state index contributed by atoms with van der Waals surface area (Å²) in [6.45, 7) is 20.7. The average molecular weight is 1250 g/mol. The summed E-state index contributed by atoms with van der Waals surface area (Å²) >= 11 is 13.0. The van der Waals surface area contributed by atoms with E-state index in [0.29, 0.717) is 45.9 Å². The summed E-state index contributed by atoms with van der Waals surface area (Å²) < 4.78 is 10.1. The van der Waals surface area contributed by atoms with E-state index in [9.17, 15) is 14.4 Å². The number of fused-ring (bicyclic) bond motifs is 2. The van der Waals surface area contributed by atoms with Crippen LogP contribution in [0.4, 0.5) is 32.9 Å². The van der Waals surface area contributed by atoms with Crippen LogP contribution in [0.15, 0.2) is 147 Å². The van der Waals surface area contributed by atoms with Crippen LogP contribution < -0.4 is 32.3 Å². The van der Waals surface area contributed by atoms with Crippen LogP contribution in [0.5, 0.6) is 0 Å². The van der Waals surface area contributed by atoms with Crippen molar-refractivity contribution in [2.45, 2.75) is 104 Å². The van der Waals surface area contributed by atoms with Gasteiger partial charge in [0.15, 0.2) is 0 Å². The van der Waals surface area contributed by atoms with Crippen molar-refractivity contribution in [3.63, 3.8) is 0 Å². The number of likely N-dealkylation sites (tertiary alicyclic amines) is 2. The van der Waals surface area contributed by atoms with Crippen molar-refractivity contribution in [2.24, 2.45) is 0 Å². The highest BCUT2D eigenvalue weighted by atomic mass is 35.5. The number of alkyl carbamates (subject to hydrolysis) is 2. The summed E-state index contributed by atoms with van der Waals surface area (Å²) in [5, 5.41) is 18.2. The number of para-hydroxylation sites is 2. The molecule has 0 saturated carbocycles. The van der Waals surface area contributed by atoms with E-state index in [1.54, 1.807) is 45.3 Å². The zero-order chi connectivity index (χ0) is 63.9. The van der Waals surface area contributed by atoms with Gasteiger partial charge in [-0.1, -0.05) is 96.0 Å². The molecule has 0 bridgehead atoms. The summed E-state index contributed by atoms with van der Waals surface area (Å²) in [4.78, 5) is 80.8. The zero-order valence-electron chi connectivity index (χ0n) is 51.0. The molecule has 4 aromatic carbocycles. The van der Waals surface area contributed by atoms with Gasteiger partial charge in [0, 0.05) is 127 Å². The number of hydrogen-bond acceptors (Lipinski definition) is 16. The Morgan fingerprint density at radius 3 is 1.49 bits per heavy atom. The number of aromatic amines is 2. The molecule has 4 aromatic heterocycles. The molecule has 468 valence electrons. The van der Waals surface area contributed by atoms with Gasteiger partial charge in [0.2, 0.25) is 17.8 Å². The number of nitrogens with two attached hydrogens (primary N) is 1. The Bertz CT molecular complexity index is 3670. The van der Waals surface area contributed by atoms with Crippen molar-refractivity contribution in [1.29, 1.82) is 0 Å². The number of H-pyrrole nitrogens is 2. The maximum atomic E-state index is 12.2. The lowest BCUT2D eigenvalue weighted by Crippen LogP contribution is -2.39. The molecule has 3 amide bonds. The second kappa shape index (κ2) is 32.7. The smallest absolute Gasteiger partial charge is 0.407 e. The highest BCUT2D eigenvalue weighted by Crippen LogP contribution is 2.34. The molecule has 0 radical (unpaired) electrons. The molecule has 0 unspecified atom stereocenters. The second-order valence-corrected chi connectivity index (χ2v) is 23.9. The fourth-order valence-corrected chi connectivity index (χ4v) is 10.1. The third-order valence-corrected chi connectivity index (χ3v) is 14.4. The lowest BCUT2D eigenvalue weighted by molar-refractivity contribution is -0.191. The fourth-order valence-electron chi connectivity index (χ4n) is 9.73. The van der Waals surface area contributed by atoms with Gasteiger partial charge >= 0.3 is 18.3 Å². The molecule has 2 aliphatic heterocycles. The summed E-state index contributed by atoms with van der Waals surface area (Å²) in [6.07, 6.45) is 15.2. The van der Waals surface area contributed by atoms with Gasteiger partial charge in [-0.05, 0) is 115 Å². The van der Waals surface area contributed by atoms with Crippen molar-refractivity contribution in [3.05, 3.63) is 168 Å². The zero-order valence-corrected chi connectivity index (χ0v) is 52.5. The number of nitrogens with zero attached hydrogens (tertiary/aromatic N) is 6. The topological polar surface area (TPSA) is 280 Å². The number of aromatic nitrogens is 6. The summed E-state index contributed by atoms with van der Waals surface area (Å²) in [5.41, 5.74) is 14.3. The number of carbonyl (C=O) groups excluding carboxylic acids is 5. The van der Waals surface area contributed by atoms with Gasteiger partial charge in [-0.3, -0.25) is 14.6 Å². The highest BCUT2D eigenvalue weighted by molar-refractivity contribution is 6.33. The number of nitrogens with one attached hydrogen (secondary N) is 7. The van der Waals surface area contributed by atoms with Crippen LogP contribution >= 0.6 is 23.2 Å². The first-order chi connectivity index (χ1) is 42.6. The molecular formula is C66H78Cl2N14O7. The van der Waals surface area contributed by atoms with E-state index in [4.69, 9.17) is 58.0 Å². The van der Waals surface area contributed by atoms with Crippen molar-refractivity contribution >= 4 is 92.5 Å². The van der Waals surface area contributed by atoms with Crippen LogP contribution in [0.1, 0.15) is 78.4 Å². The van der Waals surface area contributed by atoms with Gasteiger partial charge in [0.05, 0.1) is 33.8 Å². The van der Waals surface area contributed by atoms with E-state index in [0.717, 1.165) is 109 Å². The van der Waals surface area contributed by atoms with E-state index in [-0.39, 0.29) is 24.6 Å². The first-order valence-electron chi connectivity index (χ1n) is 29.3. The molecule has 0 aliphatic carbocycles. The van der Waals surface area contributed by atoms with Crippen LogP contribution in [-0.4, -0.2) is 127 Å². The van der Waals surface area contributed by atoms with Gasteiger partial charge in [0.25, 0.3) is 0 Å². The molecule has 0 atom stereocenters. The number of halogens is 2. The van der Waals surface area contributed by atoms with E-state index in [1.165, 1.54) is 17.2 Å². The lowest BCUT2D eigenvalue weighted by atomic mass is 10.0. The third-order valence-electron chi connectivity index (χ3n) is 13.9. The Kier molecular flexibility index (Phi) is 24.8. The molecule has 89 heavy (non-hydrogen) atoms. The minimum absolute atomic E-state index is 0.201. The predicted molar refractivity (Wildman–Crippen MR) is 351 cm³/mol. The number of nitrogen functional groups attached to an aromatic ring is 1. The lowest BCUT2D eigenvalue weighted by Gasteiger charge is -2.32. The van der Waals surface area contributed by atoms with Crippen LogP contribution in [-0.2, 0) is 36.9 Å². The van der Waals surface area contributed by atoms with Crippen molar-refractivity contribution in [1.82, 2.24) is 50.3 Å². The largest absolute Gasteiger partial charge is 0.444 e. The van der Waals surface area contributed by atoms with Gasteiger partial charge < -0.3 is 51.8 Å². The molecule has 6 heterocycles. The summed E-state index contributed by atoms with van der Waals surface area (Å²) in [5.74, 6) is 0.943. The molecule has 23 heteroatoms. The number of amides is 3. The second-order valence-electron chi connectivity index (χ2n) is 23.1. The van der Waals surface area contributed by atoms with Gasteiger partial charge in [-0.15, -0.1) is 6.58 Å².